The van der Waals surface area contributed by atoms with E-state index < -0.39 is 5.97 Å². The number of hydrogen-bond acceptors (Lipinski definition) is 3. The number of aryl methyl sites for hydroxylation is 1. The summed E-state index contributed by atoms with van der Waals surface area (Å²) in [4.78, 5) is 27.8. The fourth-order valence-electron chi connectivity index (χ4n) is 2.01. The van der Waals surface area contributed by atoms with Crippen LogP contribution in [0.4, 0.5) is 5.69 Å². The van der Waals surface area contributed by atoms with Crippen molar-refractivity contribution < 1.29 is 14.7 Å². The zero-order valence-corrected chi connectivity index (χ0v) is 8.93. The zero-order chi connectivity index (χ0) is 11.7. The third-order valence-corrected chi connectivity index (χ3v) is 2.69. The number of anilines is 1. The summed E-state index contributed by atoms with van der Waals surface area (Å²) < 4.78 is 0. The average Bonchev–Trinajstić information content (AvgIpc) is 2.27. The molecule has 1 N–H and O–H groups in total. The molecular formula is C11H12N2O3. The van der Waals surface area contributed by atoms with Crippen molar-refractivity contribution in [3.63, 3.8) is 0 Å². The van der Waals surface area contributed by atoms with Gasteiger partial charge in [0.25, 0.3) is 0 Å². The van der Waals surface area contributed by atoms with Gasteiger partial charge in [0, 0.05) is 19.7 Å². The molecule has 2 heterocycles. The number of rotatable bonds is 1. The molecule has 0 atom stereocenters. The number of carbonyl (C=O) groups excluding carboxylic acids is 1. The summed E-state index contributed by atoms with van der Waals surface area (Å²) in [5.74, 6) is -1.23. The van der Waals surface area contributed by atoms with E-state index in [9.17, 15) is 9.59 Å². The molecule has 1 aromatic rings. The number of carbonyl (C=O) groups is 2. The van der Waals surface area contributed by atoms with Crippen molar-refractivity contribution in [1.82, 2.24) is 4.98 Å². The van der Waals surface area contributed by atoms with Crippen LogP contribution in [0.1, 0.15) is 29.4 Å². The Labute approximate surface area is 92.7 Å². The van der Waals surface area contributed by atoms with Crippen LogP contribution in [0, 0.1) is 0 Å². The molecule has 84 valence electrons. The molecule has 1 aliphatic heterocycles. The van der Waals surface area contributed by atoms with Gasteiger partial charge in [-0.25, -0.2) is 9.78 Å². The van der Waals surface area contributed by atoms with E-state index in [-0.39, 0.29) is 11.6 Å². The number of aromatic carboxylic acids is 1. The largest absolute Gasteiger partial charge is 0.476 e. The first-order chi connectivity index (χ1) is 7.61. The summed E-state index contributed by atoms with van der Waals surface area (Å²) in [6.07, 6.45) is 3.13. The molecular weight excluding hydrogens is 208 g/mol. The van der Waals surface area contributed by atoms with E-state index in [1.807, 2.05) is 0 Å². The molecule has 0 aliphatic carbocycles. The summed E-state index contributed by atoms with van der Waals surface area (Å²) in [5, 5.41) is 9.04. The topological polar surface area (TPSA) is 70.5 Å². The minimum Gasteiger partial charge on any atom is -0.476 e. The van der Waals surface area contributed by atoms with Gasteiger partial charge in [-0.05, 0) is 24.5 Å². The Bertz CT molecular complexity index is 457. The Morgan fingerprint density at radius 3 is 2.88 bits per heavy atom. The van der Waals surface area contributed by atoms with E-state index in [2.05, 4.69) is 4.98 Å². The van der Waals surface area contributed by atoms with Crippen molar-refractivity contribution in [2.45, 2.75) is 19.8 Å². The Morgan fingerprint density at radius 1 is 1.50 bits per heavy atom. The number of amides is 1. The second-order valence-electron chi connectivity index (χ2n) is 3.75. The van der Waals surface area contributed by atoms with Crippen LogP contribution in [0.15, 0.2) is 12.3 Å². The standard InChI is InChI=1S/C11H12N2O3/c1-7(14)13-6-2-3-8-4-5-12-9(10(8)13)11(15)16/h4-5H,2-3,6H2,1H3,(H,15,16). The molecule has 0 aromatic carbocycles. The molecule has 2 rings (SSSR count). The fourth-order valence-corrected chi connectivity index (χ4v) is 2.01. The first-order valence-electron chi connectivity index (χ1n) is 5.10. The van der Waals surface area contributed by atoms with E-state index in [0.717, 1.165) is 18.4 Å². The number of fused-ring (bicyclic) bond motifs is 1. The molecule has 0 radical (unpaired) electrons. The van der Waals surface area contributed by atoms with E-state index in [1.165, 1.54) is 18.0 Å². The average molecular weight is 220 g/mol. The lowest BCUT2D eigenvalue weighted by Gasteiger charge is -2.29. The van der Waals surface area contributed by atoms with E-state index >= 15 is 0 Å². The van der Waals surface area contributed by atoms with Gasteiger partial charge in [0.15, 0.2) is 5.69 Å². The minimum absolute atomic E-state index is 0.0348. The molecule has 16 heavy (non-hydrogen) atoms. The third kappa shape index (κ3) is 1.64. The van der Waals surface area contributed by atoms with E-state index in [0.29, 0.717) is 12.2 Å². The first-order valence-corrected chi connectivity index (χ1v) is 5.10. The van der Waals surface area contributed by atoms with Gasteiger partial charge in [-0.1, -0.05) is 0 Å². The normalized spacial score (nSPS) is 14.4. The molecule has 1 amide bonds. The predicted molar refractivity (Wildman–Crippen MR) is 57.5 cm³/mol. The lowest BCUT2D eigenvalue weighted by atomic mass is 10.0. The highest BCUT2D eigenvalue weighted by Crippen LogP contribution is 2.29. The molecule has 0 fully saturated rings. The van der Waals surface area contributed by atoms with Crippen LogP contribution < -0.4 is 4.90 Å². The van der Waals surface area contributed by atoms with Gasteiger partial charge in [-0.15, -0.1) is 0 Å². The quantitative estimate of drug-likeness (QED) is 0.768. The van der Waals surface area contributed by atoms with Crippen LogP contribution >= 0.6 is 0 Å². The lowest BCUT2D eigenvalue weighted by Crippen LogP contribution is -2.35. The first kappa shape index (κ1) is 10.6. The van der Waals surface area contributed by atoms with Gasteiger partial charge in [0.1, 0.15) is 0 Å². The molecule has 0 saturated heterocycles. The number of pyridine rings is 1. The summed E-state index contributed by atoms with van der Waals surface area (Å²) in [6, 6.07) is 1.77. The van der Waals surface area contributed by atoms with Crippen molar-refractivity contribution >= 4 is 17.6 Å². The highest BCUT2D eigenvalue weighted by Gasteiger charge is 2.26. The second kappa shape index (κ2) is 3.92. The van der Waals surface area contributed by atoms with Crippen LogP contribution in [-0.4, -0.2) is 28.5 Å². The maximum Gasteiger partial charge on any atom is 0.356 e. The monoisotopic (exact) mass is 220 g/mol. The number of hydrogen-bond donors (Lipinski definition) is 1. The molecule has 1 aliphatic rings. The Morgan fingerprint density at radius 2 is 2.25 bits per heavy atom. The number of carboxylic acids is 1. The Hall–Kier alpha value is -1.91. The third-order valence-electron chi connectivity index (χ3n) is 2.69. The van der Waals surface area contributed by atoms with Crippen molar-refractivity contribution in [2.24, 2.45) is 0 Å². The highest BCUT2D eigenvalue weighted by atomic mass is 16.4. The van der Waals surface area contributed by atoms with Gasteiger partial charge in [0.2, 0.25) is 5.91 Å². The van der Waals surface area contributed by atoms with Gasteiger partial charge >= 0.3 is 5.97 Å². The summed E-state index contributed by atoms with van der Waals surface area (Å²) in [5.41, 5.74) is 1.31. The van der Waals surface area contributed by atoms with Crippen LogP contribution in [-0.2, 0) is 11.2 Å². The van der Waals surface area contributed by atoms with Crippen molar-refractivity contribution in [2.75, 3.05) is 11.4 Å². The van der Waals surface area contributed by atoms with E-state index in [4.69, 9.17) is 5.11 Å². The van der Waals surface area contributed by atoms with Crippen LogP contribution in [0.25, 0.3) is 0 Å². The summed E-state index contributed by atoms with van der Waals surface area (Å²) in [6.45, 7) is 2.00. The van der Waals surface area contributed by atoms with Gasteiger partial charge in [-0.2, -0.15) is 0 Å². The van der Waals surface area contributed by atoms with Crippen molar-refractivity contribution in [3.8, 4) is 0 Å². The maximum absolute atomic E-state index is 11.4. The fraction of sp³-hybridized carbons (Fsp3) is 0.364. The van der Waals surface area contributed by atoms with Crippen LogP contribution in [0.2, 0.25) is 0 Å². The van der Waals surface area contributed by atoms with Gasteiger partial charge in [0.05, 0.1) is 5.69 Å². The molecule has 5 heteroatoms. The van der Waals surface area contributed by atoms with Gasteiger partial charge in [-0.3, -0.25) is 4.79 Å². The van der Waals surface area contributed by atoms with E-state index in [1.54, 1.807) is 6.07 Å². The Balaban J connectivity index is 2.59. The molecule has 1 aromatic heterocycles. The molecule has 0 unspecified atom stereocenters. The smallest absolute Gasteiger partial charge is 0.356 e. The summed E-state index contributed by atoms with van der Waals surface area (Å²) >= 11 is 0. The van der Waals surface area contributed by atoms with Crippen molar-refractivity contribution in [3.05, 3.63) is 23.5 Å². The van der Waals surface area contributed by atoms with Gasteiger partial charge < -0.3 is 10.0 Å². The molecule has 0 bridgehead atoms. The lowest BCUT2D eigenvalue weighted by molar-refractivity contribution is -0.116. The second-order valence-corrected chi connectivity index (χ2v) is 3.75. The SMILES string of the molecule is CC(=O)N1CCCc2ccnc(C(=O)O)c21. The zero-order valence-electron chi connectivity index (χ0n) is 8.93. The Kier molecular flexibility index (Phi) is 2.60. The predicted octanol–water partition coefficient (Wildman–Crippen LogP) is 1.08. The van der Waals surface area contributed by atoms with Crippen molar-refractivity contribution in [1.29, 1.82) is 0 Å². The molecule has 0 spiro atoms. The van der Waals surface area contributed by atoms with Crippen LogP contribution in [0.5, 0.6) is 0 Å². The summed E-state index contributed by atoms with van der Waals surface area (Å²) in [7, 11) is 0. The number of carboxylic acid groups (broad SMARTS) is 1. The molecule has 0 saturated carbocycles. The minimum atomic E-state index is -1.09. The number of nitrogens with zero attached hydrogens (tertiary/aromatic N) is 2. The highest BCUT2D eigenvalue weighted by molar-refractivity contribution is 6.01. The molecule has 5 nitrogen and oxygen atoms in total. The number of aromatic nitrogens is 1. The van der Waals surface area contributed by atoms with Crippen LogP contribution in [0.3, 0.4) is 0 Å². The maximum atomic E-state index is 11.4.